The molecule has 0 aliphatic carbocycles. The Balaban J connectivity index is 1.65. The van der Waals surface area contributed by atoms with E-state index in [1.165, 1.54) is 4.90 Å². The van der Waals surface area contributed by atoms with Gasteiger partial charge in [0.25, 0.3) is 11.8 Å². The Morgan fingerprint density at radius 2 is 1.71 bits per heavy atom. The number of hydrogen-bond donors (Lipinski definition) is 1. The van der Waals surface area contributed by atoms with E-state index in [0.29, 0.717) is 10.7 Å². The van der Waals surface area contributed by atoms with E-state index in [-0.39, 0.29) is 10.7 Å². The van der Waals surface area contributed by atoms with E-state index >= 15 is 0 Å². The molecular formula is C21H13ClN2O2S2. The molecule has 0 atom stereocenters. The first-order chi connectivity index (χ1) is 13.5. The van der Waals surface area contributed by atoms with Gasteiger partial charge in [-0.3, -0.25) is 19.8 Å². The van der Waals surface area contributed by atoms with Crippen LogP contribution in [0.4, 0.5) is 5.69 Å². The summed E-state index contributed by atoms with van der Waals surface area (Å²) in [6.07, 6.45) is 1.57. The summed E-state index contributed by atoms with van der Waals surface area (Å²) in [5.74, 6) is -0.985. The van der Waals surface area contributed by atoms with E-state index in [1.807, 2.05) is 41.8 Å². The summed E-state index contributed by atoms with van der Waals surface area (Å²) in [6, 6.07) is 18.4. The predicted octanol–water partition coefficient (Wildman–Crippen LogP) is 4.90. The van der Waals surface area contributed by atoms with Crippen molar-refractivity contribution in [1.29, 1.82) is 0 Å². The maximum atomic E-state index is 13.0. The first-order valence-electron chi connectivity index (χ1n) is 8.34. The number of carbonyl (C=O) groups is 2. The van der Waals surface area contributed by atoms with Crippen LogP contribution in [0.5, 0.6) is 0 Å². The van der Waals surface area contributed by atoms with Crippen LogP contribution >= 0.6 is 35.2 Å². The maximum Gasteiger partial charge on any atom is 0.270 e. The number of halogens is 1. The number of carbonyl (C=O) groups excluding carboxylic acids is 2. The molecule has 1 aliphatic heterocycles. The van der Waals surface area contributed by atoms with Gasteiger partial charge in [-0.25, -0.2) is 0 Å². The topological polar surface area (TPSA) is 49.4 Å². The van der Waals surface area contributed by atoms with Crippen molar-refractivity contribution < 1.29 is 9.59 Å². The number of thiocarbonyl (C=S) groups is 1. The third kappa shape index (κ3) is 3.62. The van der Waals surface area contributed by atoms with Crippen molar-refractivity contribution in [1.82, 2.24) is 5.32 Å². The highest BCUT2D eigenvalue weighted by atomic mass is 35.5. The van der Waals surface area contributed by atoms with Gasteiger partial charge in [-0.2, -0.15) is 0 Å². The SMILES string of the molecule is O=C1NC(=S)N(c2ccc(Cl)cc2)C(=O)/C1=C/c1ccc(-c2cccs2)cc1. The summed E-state index contributed by atoms with van der Waals surface area (Å²) >= 11 is 12.8. The number of nitrogens with one attached hydrogen (secondary N) is 1. The zero-order valence-corrected chi connectivity index (χ0v) is 16.8. The molecule has 2 aromatic carbocycles. The quantitative estimate of drug-likeness (QED) is 0.369. The van der Waals surface area contributed by atoms with Crippen molar-refractivity contribution in [3.63, 3.8) is 0 Å². The van der Waals surface area contributed by atoms with Crippen LogP contribution in [-0.4, -0.2) is 16.9 Å². The Morgan fingerprint density at radius 3 is 2.36 bits per heavy atom. The lowest BCUT2D eigenvalue weighted by Crippen LogP contribution is -2.54. The van der Waals surface area contributed by atoms with Crippen molar-refractivity contribution in [2.45, 2.75) is 0 Å². The lowest BCUT2D eigenvalue weighted by Gasteiger charge is -2.28. The smallest absolute Gasteiger partial charge is 0.270 e. The number of thiophene rings is 1. The monoisotopic (exact) mass is 424 g/mol. The number of anilines is 1. The van der Waals surface area contributed by atoms with Crippen LogP contribution in [0.15, 0.2) is 71.6 Å². The summed E-state index contributed by atoms with van der Waals surface area (Å²) in [7, 11) is 0. The first kappa shape index (κ1) is 18.6. The van der Waals surface area contributed by atoms with Gasteiger partial charge in [-0.15, -0.1) is 11.3 Å². The molecule has 138 valence electrons. The van der Waals surface area contributed by atoms with E-state index in [0.717, 1.165) is 16.0 Å². The third-order valence-electron chi connectivity index (χ3n) is 4.21. The summed E-state index contributed by atoms with van der Waals surface area (Å²) in [5.41, 5.74) is 2.40. The van der Waals surface area contributed by atoms with Gasteiger partial charge in [0.15, 0.2) is 5.11 Å². The van der Waals surface area contributed by atoms with Gasteiger partial charge in [0, 0.05) is 9.90 Å². The summed E-state index contributed by atoms with van der Waals surface area (Å²) in [4.78, 5) is 27.8. The van der Waals surface area contributed by atoms with Crippen molar-refractivity contribution in [2.75, 3.05) is 4.90 Å². The van der Waals surface area contributed by atoms with Gasteiger partial charge < -0.3 is 0 Å². The molecule has 0 unspecified atom stereocenters. The Kier molecular flexibility index (Phi) is 5.09. The molecule has 0 bridgehead atoms. The van der Waals surface area contributed by atoms with Gasteiger partial charge in [0.2, 0.25) is 0 Å². The predicted molar refractivity (Wildman–Crippen MR) is 117 cm³/mol. The molecule has 3 aromatic rings. The van der Waals surface area contributed by atoms with Crippen LogP contribution in [0.3, 0.4) is 0 Å². The molecule has 2 heterocycles. The van der Waals surface area contributed by atoms with Crippen molar-refractivity contribution in [3.8, 4) is 10.4 Å². The normalized spacial score (nSPS) is 15.8. The van der Waals surface area contributed by atoms with Gasteiger partial charge in [0.1, 0.15) is 5.57 Å². The highest BCUT2D eigenvalue weighted by Crippen LogP contribution is 2.26. The average Bonchev–Trinajstić information content (AvgIpc) is 3.22. The summed E-state index contributed by atoms with van der Waals surface area (Å²) in [5, 5.41) is 5.18. The summed E-state index contributed by atoms with van der Waals surface area (Å²) < 4.78 is 0. The second-order valence-electron chi connectivity index (χ2n) is 6.03. The highest BCUT2D eigenvalue weighted by Gasteiger charge is 2.34. The summed E-state index contributed by atoms with van der Waals surface area (Å²) in [6.45, 7) is 0. The van der Waals surface area contributed by atoms with Crippen LogP contribution in [0, 0.1) is 0 Å². The molecule has 1 fully saturated rings. The van der Waals surface area contributed by atoms with Gasteiger partial charge >= 0.3 is 0 Å². The van der Waals surface area contributed by atoms with Crippen molar-refractivity contribution in [3.05, 3.63) is 82.2 Å². The van der Waals surface area contributed by atoms with Gasteiger partial charge in [-0.05, 0) is 65.1 Å². The molecule has 1 aromatic heterocycles. The van der Waals surface area contributed by atoms with Crippen LogP contribution < -0.4 is 10.2 Å². The fourth-order valence-electron chi connectivity index (χ4n) is 2.84. The number of amides is 2. The molecule has 4 rings (SSSR count). The number of benzene rings is 2. The minimum Gasteiger partial charge on any atom is -0.298 e. The molecule has 0 saturated carbocycles. The first-order valence-corrected chi connectivity index (χ1v) is 10.0. The second-order valence-corrected chi connectivity index (χ2v) is 7.80. The fraction of sp³-hybridized carbons (Fsp3) is 0. The number of nitrogens with zero attached hydrogens (tertiary/aromatic N) is 1. The van der Waals surface area contributed by atoms with Crippen molar-refractivity contribution >= 4 is 63.8 Å². The number of hydrogen-bond acceptors (Lipinski definition) is 4. The standard InChI is InChI=1S/C21H13ClN2O2S2/c22-15-7-9-16(10-8-15)24-20(26)17(19(25)23-21(24)27)12-13-3-5-14(6-4-13)18-2-1-11-28-18/h1-12H,(H,23,25,27)/b17-12+. The molecule has 2 amide bonds. The number of rotatable bonds is 3. The van der Waals surface area contributed by atoms with Gasteiger partial charge in [-0.1, -0.05) is 41.9 Å². The van der Waals surface area contributed by atoms with Gasteiger partial charge in [0.05, 0.1) is 5.69 Å². The van der Waals surface area contributed by atoms with Crippen LogP contribution in [0.1, 0.15) is 5.56 Å². The largest absolute Gasteiger partial charge is 0.298 e. The average molecular weight is 425 g/mol. The lowest BCUT2D eigenvalue weighted by molar-refractivity contribution is -0.122. The molecule has 7 heteroatoms. The second kappa shape index (κ2) is 7.67. The Hall–Kier alpha value is -2.80. The van der Waals surface area contributed by atoms with E-state index in [1.54, 1.807) is 41.7 Å². The molecule has 1 saturated heterocycles. The minimum atomic E-state index is -0.512. The van der Waals surface area contributed by atoms with Crippen LogP contribution in [-0.2, 0) is 9.59 Å². The molecule has 0 radical (unpaired) electrons. The lowest BCUT2D eigenvalue weighted by atomic mass is 10.0. The minimum absolute atomic E-state index is 0.0208. The molecule has 1 aliphatic rings. The molecule has 28 heavy (non-hydrogen) atoms. The maximum absolute atomic E-state index is 13.0. The van der Waals surface area contributed by atoms with Crippen LogP contribution in [0.25, 0.3) is 16.5 Å². The Labute approximate surface area is 176 Å². The molecular weight excluding hydrogens is 412 g/mol. The van der Waals surface area contributed by atoms with E-state index in [2.05, 4.69) is 5.32 Å². The Morgan fingerprint density at radius 1 is 1.00 bits per heavy atom. The van der Waals surface area contributed by atoms with E-state index < -0.39 is 11.8 Å². The van der Waals surface area contributed by atoms with E-state index in [9.17, 15) is 9.59 Å². The molecule has 1 N–H and O–H groups in total. The third-order valence-corrected chi connectivity index (χ3v) is 5.67. The van der Waals surface area contributed by atoms with Crippen LogP contribution in [0.2, 0.25) is 5.02 Å². The fourth-order valence-corrected chi connectivity index (χ4v) is 3.98. The van der Waals surface area contributed by atoms with Crippen molar-refractivity contribution in [2.24, 2.45) is 0 Å². The zero-order valence-electron chi connectivity index (χ0n) is 14.4. The molecule has 4 nitrogen and oxygen atoms in total. The van der Waals surface area contributed by atoms with E-state index in [4.69, 9.17) is 23.8 Å². The highest BCUT2D eigenvalue weighted by molar-refractivity contribution is 7.80. The Bertz CT molecular complexity index is 1090. The zero-order chi connectivity index (χ0) is 19.7. The molecule has 0 spiro atoms.